The molecule has 4 aromatic rings. The van der Waals surface area contributed by atoms with Crippen LogP contribution < -0.4 is 14.9 Å². The number of carbonyl (C=O) groups excluding carboxylic acids is 1. The molecule has 4 rings (SSSR count). The maximum Gasteiger partial charge on any atom is 0.258 e. The molecule has 0 saturated heterocycles. The number of nitrogens with zero attached hydrogens (tertiary/aromatic N) is 5. The summed E-state index contributed by atoms with van der Waals surface area (Å²) in [6.45, 7) is 0.113. The molecule has 0 aliphatic rings. The van der Waals surface area contributed by atoms with Gasteiger partial charge in [-0.25, -0.2) is 17.8 Å². The number of amides is 1. The summed E-state index contributed by atoms with van der Waals surface area (Å²) < 4.78 is 30.0. The van der Waals surface area contributed by atoms with Gasteiger partial charge in [0.25, 0.3) is 5.91 Å². The highest BCUT2D eigenvalue weighted by molar-refractivity contribution is 7.89. The molecule has 34 heavy (non-hydrogen) atoms. The summed E-state index contributed by atoms with van der Waals surface area (Å²) in [6.07, 6.45) is 0. The number of benzene rings is 3. The quantitative estimate of drug-likeness (QED) is 0.382. The molecular weight excluding hydrogens is 478 g/mol. The molecule has 3 aromatic carbocycles. The highest BCUT2D eigenvalue weighted by Crippen LogP contribution is 2.30. The molecule has 2 N–H and O–H groups in total. The van der Waals surface area contributed by atoms with Crippen LogP contribution in [-0.2, 0) is 16.6 Å². The molecule has 0 aliphatic carbocycles. The van der Waals surface area contributed by atoms with E-state index in [-0.39, 0.29) is 23.9 Å². The molecule has 0 saturated carbocycles. The van der Waals surface area contributed by atoms with Crippen molar-refractivity contribution < 1.29 is 13.2 Å². The largest absolute Gasteiger partial charge is 0.377 e. The van der Waals surface area contributed by atoms with E-state index in [0.717, 1.165) is 11.1 Å². The Morgan fingerprint density at radius 3 is 2.56 bits per heavy atom. The Bertz CT molecular complexity index is 1450. The summed E-state index contributed by atoms with van der Waals surface area (Å²) in [5.41, 5.74) is 1.26. The number of anilines is 2. The van der Waals surface area contributed by atoms with Crippen molar-refractivity contribution in [3.8, 4) is 0 Å². The second-order valence-electron chi connectivity index (χ2n) is 7.61. The number of tetrazole rings is 1. The van der Waals surface area contributed by atoms with Crippen LogP contribution in [-0.4, -0.2) is 55.2 Å². The number of hydrogen-bond donors (Lipinski definition) is 2. The molecule has 1 heterocycles. The minimum Gasteiger partial charge on any atom is -0.377 e. The van der Waals surface area contributed by atoms with Gasteiger partial charge in [-0.05, 0) is 40.8 Å². The van der Waals surface area contributed by atoms with E-state index >= 15 is 0 Å². The lowest BCUT2D eigenvalue weighted by Gasteiger charge is -2.17. The summed E-state index contributed by atoms with van der Waals surface area (Å²) >= 11 is 5.93. The van der Waals surface area contributed by atoms with Crippen LogP contribution >= 0.6 is 11.6 Å². The Morgan fingerprint density at radius 1 is 1.06 bits per heavy atom. The van der Waals surface area contributed by atoms with Gasteiger partial charge in [-0.15, -0.1) is 0 Å². The van der Waals surface area contributed by atoms with Crippen LogP contribution in [0.1, 0.15) is 10.4 Å². The molecule has 0 atom stereocenters. The van der Waals surface area contributed by atoms with Crippen molar-refractivity contribution in [1.29, 1.82) is 0 Å². The van der Waals surface area contributed by atoms with Gasteiger partial charge in [0.15, 0.2) is 0 Å². The summed E-state index contributed by atoms with van der Waals surface area (Å²) in [7, 11) is -0.00695. The van der Waals surface area contributed by atoms with Gasteiger partial charge in [-0.2, -0.15) is 0 Å². The molecule has 176 valence electrons. The lowest BCUT2D eigenvalue weighted by molar-refractivity contribution is 0.102. The molecule has 10 nitrogen and oxygen atoms in total. The van der Waals surface area contributed by atoms with Crippen LogP contribution in [0.5, 0.6) is 0 Å². The van der Waals surface area contributed by atoms with Gasteiger partial charge in [0, 0.05) is 47.7 Å². The highest BCUT2D eigenvalue weighted by atomic mass is 35.5. The zero-order valence-electron chi connectivity index (χ0n) is 18.4. The second kappa shape index (κ2) is 9.75. The fraction of sp³-hybridized carbons (Fsp3) is 0.182. The van der Waals surface area contributed by atoms with Crippen LogP contribution in [0.3, 0.4) is 0 Å². The first-order valence-electron chi connectivity index (χ1n) is 10.3. The molecule has 1 aromatic heterocycles. The maximum absolute atomic E-state index is 13.1. The number of fused-ring (bicyclic) bond motifs is 1. The molecule has 0 spiro atoms. The van der Waals surface area contributed by atoms with E-state index in [1.165, 1.54) is 10.7 Å². The fourth-order valence-electron chi connectivity index (χ4n) is 3.49. The van der Waals surface area contributed by atoms with Crippen LogP contribution in [0.15, 0.2) is 65.6 Å². The van der Waals surface area contributed by atoms with E-state index < -0.39 is 15.9 Å². The molecular formula is C22H22ClN7O3S. The average molecular weight is 500 g/mol. The van der Waals surface area contributed by atoms with Gasteiger partial charge >= 0.3 is 0 Å². The molecule has 0 aliphatic heterocycles. The monoisotopic (exact) mass is 499 g/mol. The number of nitrogens with one attached hydrogen (secondary N) is 2. The number of rotatable bonds is 8. The SMILES string of the molecule is CN(C)c1ccc(S(=O)(=O)NCCn2nnnc2NC(=O)c2cccc(Cl)c2)c2ccccc12. The summed E-state index contributed by atoms with van der Waals surface area (Å²) in [6, 6.07) is 17.2. The normalized spacial score (nSPS) is 11.5. The van der Waals surface area contributed by atoms with Gasteiger partial charge < -0.3 is 4.90 Å². The van der Waals surface area contributed by atoms with Crippen molar-refractivity contribution in [2.75, 3.05) is 30.9 Å². The highest BCUT2D eigenvalue weighted by Gasteiger charge is 2.19. The van der Waals surface area contributed by atoms with E-state index in [1.54, 1.807) is 42.5 Å². The summed E-state index contributed by atoms with van der Waals surface area (Å²) in [4.78, 5) is 14.6. The standard InChI is InChI=1S/C22H22ClN7O3S/c1-29(2)19-10-11-20(18-9-4-3-8-17(18)19)34(32,33)24-12-13-30-22(26-27-28-30)25-21(31)15-6-5-7-16(23)14-15/h3-11,14,24H,12-13H2,1-2H3,(H,25,26,28,31). The Labute approximate surface area is 201 Å². The molecule has 12 heteroatoms. The van der Waals surface area contributed by atoms with Gasteiger partial charge in [-0.3, -0.25) is 10.1 Å². The molecule has 0 fully saturated rings. The van der Waals surface area contributed by atoms with Crippen molar-refractivity contribution in [3.05, 3.63) is 71.2 Å². The first-order valence-corrected chi connectivity index (χ1v) is 12.1. The Kier molecular flexibility index (Phi) is 6.77. The van der Waals surface area contributed by atoms with Gasteiger partial charge in [0.1, 0.15) is 0 Å². The predicted octanol–water partition coefficient (Wildman–Crippen LogP) is 2.78. The van der Waals surface area contributed by atoms with E-state index in [2.05, 4.69) is 25.6 Å². The molecule has 0 radical (unpaired) electrons. The Morgan fingerprint density at radius 2 is 1.82 bits per heavy atom. The molecule has 0 bridgehead atoms. The van der Waals surface area contributed by atoms with Crippen molar-refractivity contribution in [3.63, 3.8) is 0 Å². The molecule has 0 unspecified atom stereocenters. The predicted molar refractivity (Wildman–Crippen MR) is 131 cm³/mol. The Balaban J connectivity index is 1.47. The van der Waals surface area contributed by atoms with Crippen LogP contribution in [0.25, 0.3) is 10.8 Å². The van der Waals surface area contributed by atoms with E-state index in [9.17, 15) is 13.2 Å². The van der Waals surface area contributed by atoms with E-state index in [0.29, 0.717) is 16.0 Å². The fourth-order valence-corrected chi connectivity index (χ4v) is 4.91. The number of carbonyl (C=O) groups is 1. The Hall–Kier alpha value is -3.54. The zero-order chi connectivity index (χ0) is 24.3. The number of halogens is 1. The number of sulfonamides is 1. The van der Waals surface area contributed by atoms with Gasteiger partial charge in [-0.1, -0.05) is 47.0 Å². The minimum atomic E-state index is -3.82. The third-order valence-corrected chi connectivity index (χ3v) is 6.85. The summed E-state index contributed by atoms with van der Waals surface area (Å²) in [5.74, 6) is -0.350. The number of hydrogen-bond acceptors (Lipinski definition) is 7. The minimum absolute atomic E-state index is 0.0111. The lowest BCUT2D eigenvalue weighted by Crippen LogP contribution is -2.28. The maximum atomic E-state index is 13.1. The lowest BCUT2D eigenvalue weighted by atomic mass is 10.1. The second-order valence-corrected chi connectivity index (χ2v) is 9.78. The van der Waals surface area contributed by atoms with Crippen molar-refractivity contribution in [2.24, 2.45) is 0 Å². The molecule has 1 amide bonds. The van der Waals surface area contributed by atoms with E-state index in [1.807, 2.05) is 31.1 Å². The zero-order valence-corrected chi connectivity index (χ0v) is 20.0. The topological polar surface area (TPSA) is 122 Å². The average Bonchev–Trinajstić information content (AvgIpc) is 3.24. The number of aromatic nitrogens is 4. The third kappa shape index (κ3) is 5.01. The van der Waals surface area contributed by atoms with Crippen LogP contribution in [0.4, 0.5) is 11.6 Å². The first kappa shape index (κ1) is 23.6. The van der Waals surface area contributed by atoms with E-state index in [4.69, 9.17) is 11.6 Å². The smallest absolute Gasteiger partial charge is 0.258 e. The summed E-state index contributed by atoms with van der Waals surface area (Å²) in [5, 5.41) is 15.7. The van der Waals surface area contributed by atoms with Crippen molar-refractivity contribution in [2.45, 2.75) is 11.4 Å². The van der Waals surface area contributed by atoms with Gasteiger partial charge in [0.2, 0.25) is 16.0 Å². The van der Waals surface area contributed by atoms with Gasteiger partial charge in [0.05, 0.1) is 11.4 Å². The van der Waals surface area contributed by atoms with Crippen LogP contribution in [0, 0.1) is 0 Å². The van der Waals surface area contributed by atoms with Crippen molar-refractivity contribution >= 4 is 49.9 Å². The third-order valence-electron chi connectivity index (χ3n) is 5.09. The van der Waals surface area contributed by atoms with Crippen LogP contribution in [0.2, 0.25) is 5.02 Å². The first-order chi connectivity index (χ1) is 16.3. The van der Waals surface area contributed by atoms with Crippen molar-refractivity contribution in [1.82, 2.24) is 24.9 Å².